The Bertz CT molecular complexity index is 522. The molecule has 0 amide bonds. The lowest BCUT2D eigenvalue weighted by Crippen LogP contribution is -2.24. The number of aryl methyl sites for hydroxylation is 1. The first-order valence-electron chi connectivity index (χ1n) is 6.86. The highest BCUT2D eigenvalue weighted by Crippen LogP contribution is 2.28. The van der Waals surface area contributed by atoms with Gasteiger partial charge in [0, 0.05) is 21.6 Å². The van der Waals surface area contributed by atoms with Crippen LogP contribution in [0, 0.1) is 12.7 Å². The Morgan fingerprint density at radius 3 is 2.60 bits per heavy atom. The summed E-state index contributed by atoms with van der Waals surface area (Å²) in [5.74, 6) is 0.784. The van der Waals surface area contributed by atoms with Crippen molar-refractivity contribution in [2.45, 2.75) is 31.2 Å². The molecule has 108 valence electrons. The van der Waals surface area contributed by atoms with Gasteiger partial charge in [0.25, 0.3) is 0 Å². The van der Waals surface area contributed by atoms with Gasteiger partial charge in [-0.2, -0.15) is 0 Å². The summed E-state index contributed by atoms with van der Waals surface area (Å²) >= 11 is 3.56. The molecule has 0 aliphatic heterocycles. The molecule has 4 heteroatoms. The second-order valence-electron chi connectivity index (χ2n) is 4.70. The second kappa shape index (κ2) is 7.81. The fourth-order valence-corrected chi connectivity index (χ4v) is 3.79. The number of hydrogen-bond donors (Lipinski definition) is 1. The van der Waals surface area contributed by atoms with E-state index in [9.17, 15) is 4.39 Å². The van der Waals surface area contributed by atoms with E-state index in [0.717, 1.165) is 23.6 Å². The van der Waals surface area contributed by atoms with Crippen LogP contribution in [0.15, 0.2) is 40.6 Å². The first-order chi connectivity index (χ1) is 9.70. The minimum Gasteiger partial charge on any atom is -0.309 e. The van der Waals surface area contributed by atoms with Gasteiger partial charge in [-0.1, -0.05) is 6.92 Å². The maximum atomic E-state index is 12.9. The van der Waals surface area contributed by atoms with E-state index < -0.39 is 0 Å². The molecular weight excluding hydrogens is 289 g/mol. The molecule has 1 atom stereocenters. The van der Waals surface area contributed by atoms with Crippen LogP contribution in [0.5, 0.6) is 0 Å². The number of thioether (sulfide) groups is 1. The Morgan fingerprint density at radius 2 is 2.00 bits per heavy atom. The third kappa shape index (κ3) is 4.33. The molecule has 0 aliphatic rings. The average molecular weight is 309 g/mol. The fourth-order valence-electron chi connectivity index (χ4n) is 2.04. The van der Waals surface area contributed by atoms with Crippen LogP contribution in [0.25, 0.3) is 0 Å². The Morgan fingerprint density at radius 1 is 1.25 bits per heavy atom. The van der Waals surface area contributed by atoms with Crippen LogP contribution in [0.1, 0.15) is 29.8 Å². The van der Waals surface area contributed by atoms with E-state index in [0.29, 0.717) is 6.04 Å². The van der Waals surface area contributed by atoms with E-state index in [-0.39, 0.29) is 5.82 Å². The molecule has 20 heavy (non-hydrogen) atoms. The van der Waals surface area contributed by atoms with E-state index >= 15 is 0 Å². The van der Waals surface area contributed by atoms with Crippen LogP contribution in [0.3, 0.4) is 0 Å². The van der Waals surface area contributed by atoms with Crippen molar-refractivity contribution >= 4 is 23.1 Å². The Labute approximate surface area is 128 Å². The molecule has 0 fully saturated rings. The lowest BCUT2D eigenvalue weighted by Gasteiger charge is -2.18. The average Bonchev–Trinajstić information content (AvgIpc) is 2.87. The monoisotopic (exact) mass is 309 g/mol. The second-order valence-corrected chi connectivity index (χ2v) is 6.92. The summed E-state index contributed by atoms with van der Waals surface area (Å²) in [5.41, 5.74) is 1.39. The molecule has 0 spiro atoms. The van der Waals surface area contributed by atoms with Gasteiger partial charge < -0.3 is 5.32 Å². The molecule has 0 saturated heterocycles. The summed E-state index contributed by atoms with van der Waals surface area (Å²) in [5, 5.41) is 5.75. The number of hydrogen-bond acceptors (Lipinski definition) is 3. The van der Waals surface area contributed by atoms with Gasteiger partial charge in [-0.15, -0.1) is 23.1 Å². The van der Waals surface area contributed by atoms with Crippen LogP contribution >= 0.6 is 23.1 Å². The zero-order chi connectivity index (χ0) is 14.4. The van der Waals surface area contributed by atoms with Crippen LogP contribution < -0.4 is 5.32 Å². The normalized spacial score (nSPS) is 12.6. The SMILES string of the molecule is CCCNC(CSc1ccc(F)cc1)c1ccsc1C. The van der Waals surface area contributed by atoms with E-state index in [1.165, 1.54) is 22.6 Å². The van der Waals surface area contributed by atoms with Gasteiger partial charge in [-0.25, -0.2) is 4.39 Å². The fraction of sp³-hybridized carbons (Fsp3) is 0.375. The van der Waals surface area contributed by atoms with Gasteiger partial charge in [0.2, 0.25) is 0 Å². The number of halogens is 1. The summed E-state index contributed by atoms with van der Waals surface area (Å²) in [6.45, 7) is 5.37. The summed E-state index contributed by atoms with van der Waals surface area (Å²) in [4.78, 5) is 2.49. The topological polar surface area (TPSA) is 12.0 Å². The molecule has 0 radical (unpaired) electrons. The molecule has 1 N–H and O–H groups in total. The maximum Gasteiger partial charge on any atom is 0.123 e. The molecule has 1 nitrogen and oxygen atoms in total. The van der Waals surface area contributed by atoms with Gasteiger partial charge >= 0.3 is 0 Å². The smallest absolute Gasteiger partial charge is 0.123 e. The zero-order valence-electron chi connectivity index (χ0n) is 11.9. The number of nitrogens with one attached hydrogen (secondary N) is 1. The van der Waals surface area contributed by atoms with Crippen molar-refractivity contribution in [1.82, 2.24) is 5.32 Å². The molecular formula is C16H20FNS2. The summed E-state index contributed by atoms with van der Waals surface area (Å²) in [6.07, 6.45) is 1.13. The molecule has 1 aromatic heterocycles. The first-order valence-corrected chi connectivity index (χ1v) is 8.73. The molecule has 0 aliphatic carbocycles. The predicted octanol–water partition coefficient (Wildman–Crippen LogP) is 5.03. The Hall–Kier alpha value is -0.840. The van der Waals surface area contributed by atoms with Crippen LogP contribution in [0.4, 0.5) is 4.39 Å². The maximum absolute atomic E-state index is 12.9. The molecule has 0 bridgehead atoms. The molecule has 2 rings (SSSR count). The van der Waals surface area contributed by atoms with Crippen molar-refractivity contribution in [2.24, 2.45) is 0 Å². The molecule has 0 saturated carbocycles. The van der Waals surface area contributed by atoms with Gasteiger partial charge in [0.05, 0.1) is 0 Å². The number of rotatable bonds is 7. The highest BCUT2D eigenvalue weighted by Gasteiger charge is 2.14. The van der Waals surface area contributed by atoms with E-state index in [1.807, 2.05) is 12.1 Å². The summed E-state index contributed by atoms with van der Waals surface area (Å²) in [6, 6.07) is 9.29. The molecule has 2 aromatic rings. The van der Waals surface area contributed by atoms with Crippen molar-refractivity contribution in [1.29, 1.82) is 0 Å². The number of thiophene rings is 1. The van der Waals surface area contributed by atoms with E-state index in [2.05, 4.69) is 30.6 Å². The van der Waals surface area contributed by atoms with Gasteiger partial charge in [0.15, 0.2) is 0 Å². The summed E-state index contributed by atoms with van der Waals surface area (Å²) < 4.78 is 12.9. The number of benzene rings is 1. The minimum atomic E-state index is -0.177. The van der Waals surface area contributed by atoms with Crippen LogP contribution in [-0.2, 0) is 0 Å². The van der Waals surface area contributed by atoms with Crippen molar-refractivity contribution in [2.75, 3.05) is 12.3 Å². The molecule has 1 heterocycles. The Kier molecular flexibility index (Phi) is 6.07. The van der Waals surface area contributed by atoms with Gasteiger partial charge in [0.1, 0.15) is 5.82 Å². The largest absolute Gasteiger partial charge is 0.309 e. The van der Waals surface area contributed by atoms with Gasteiger partial charge in [-0.3, -0.25) is 0 Å². The lowest BCUT2D eigenvalue weighted by atomic mass is 10.1. The third-order valence-electron chi connectivity index (χ3n) is 3.15. The van der Waals surface area contributed by atoms with Gasteiger partial charge in [-0.05, 0) is 61.2 Å². The lowest BCUT2D eigenvalue weighted by molar-refractivity contribution is 0.577. The van der Waals surface area contributed by atoms with Crippen molar-refractivity contribution < 1.29 is 4.39 Å². The van der Waals surface area contributed by atoms with Crippen molar-refractivity contribution in [3.8, 4) is 0 Å². The quantitative estimate of drug-likeness (QED) is 0.720. The standard InChI is InChI=1S/C16H20FNS2/c1-3-9-18-16(15-8-10-19-12(15)2)11-20-14-6-4-13(17)5-7-14/h4-8,10,16,18H,3,9,11H2,1-2H3. The third-order valence-corrected chi connectivity index (χ3v) is 5.11. The van der Waals surface area contributed by atoms with Crippen LogP contribution in [-0.4, -0.2) is 12.3 Å². The Balaban J connectivity index is 2.01. The predicted molar refractivity (Wildman–Crippen MR) is 87.2 cm³/mol. The highest BCUT2D eigenvalue weighted by atomic mass is 32.2. The van der Waals surface area contributed by atoms with Crippen molar-refractivity contribution in [3.63, 3.8) is 0 Å². The van der Waals surface area contributed by atoms with E-state index in [4.69, 9.17) is 0 Å². The molecule has 1 aromatic carbocycles. The minimum absolute atomic E-state index is 0.177. The van der Waals surface area contributed by atoms with E-state index in [1.54, 1.807) is 23.1 Å². The summed E-state index contributed by atoms with van der Waals surface area (Å²) in [7, 11) is 0. The van der Waals surface area contributed by atoms with Crippen LogP contribution in [0.2, 0.25) is 0 Å². The highest BCUT2D eigenvalue weighted by molar-refractivity contribution is 7.99. The van der Waals surface area contributed by atoms with Crippen molar-refractivity contribution in [3.05, 3.63) is 52.0 Å². The molecule has 1 unspecified atom stereocenters. The zero-order valence-corrected chi connectivity index (χ0v) is 13.5. The first kappa shape index (κ1) is 15.5.